The summed E-state index contributed by atoms with van der Waals surface area (Å²) in [6.45, 7) is 4.47. The molecule has 15 heteroatoms. The highest BCUT2D eigenvalue weighted by Gasteiger charge is 2.44. The molecule has 1 aromatic rings. The summed E-state index contributed by atoms with van der Waals surface area (Å²) in [5, 5.41) is 26.3. The molecule has 0 spiro atoms. The molecule has 1 fully saturated rings. The Balaban J connectivity index is 0.000000821. The van der Waals surface area contributed by atoms with Gasteiger partial charge in [-0.3, -0.25) is 24.5 Å². The van der Waals surface area contributed by atoms with Gasteiger partial charge in [-0.2, -0.15) is 24.9 Å². The van der Waals surface area contributed by atoms with Crippen molar-refractivity contribution in [3.63, 3.8) is 0 Å². The maximum absolute atomic E-state index is 13.9. The average Bonchev–Trinajstić information content (AvgIpc) is 3.41. The number of aliphatic carboxylic acids is 2. The molecule has 2 unspecified atom stereocenters. The summed E-state index contributed by atoms with van der Waals surface area (Å²) in [5.41, 5.74) is 8.42. The fourth-order valence-electron chi connectivity index (χ4n) is 5.08. The number of thioether (sulfide) groups is 1. The van der Waals surface area contributed by atoms with Crippen molar-refractivity contribution < 1.29 is 47.4 Å². The molecule has 7 atom stereocenters. The molecule has 1 saturated heterocycles. The van der Waals surface area contributed by atoms with Crippen molar-refractivity contribution in [2.45, 2.75) is 75.9 Å². The van der Waals surface area contributed by atoms with Crippen molar-refractivity contribution in [2.24, 2.45) is 17.6 Å². The van der Waals surface area contributed by atoms with Crippen LogP contribution in [0.2, 0.25) is 0 Å². The van der Waals surface area contributed by atoms with E-state index in [-0.39, 0.29) is 35.6 Å². The Morgan fingerprint density at radius 3 is 2.26 bits per heavy atom. The smallest absolute Gasteiger partial charge is 0.480 e. The number of ketones is 2. The number of nitrogens with one attached hydrogen (secondary N) is 3. The van der Waals surface area contributed by atoms with Gasteiger partial charge in [-0.1, -0.05) is 44.5 Å². The van der Waals surface area contributed by atoms with Gasteiger partial charge in [0.15, 0.2) is 11.6 Å². The number of amides is 1. The summed E-state index contributed by atoms with van der Waals surface area (Å²) >= 11 is 1.38. The number of alkyl halides is 3. The largest absolute Gasteiger partial charge is 0.490 e. The zero-order valence-corrected chi connectivity index (χ0v) is 25.0. The second kappa shape index (κ2) is 16.2. The standard InChI is InChI=1S/C26H38N4O5S.C2HF3O2/c1-4-14(2)20(27)23(25(33)18-9-10-19(31)29-18)30-22(26(34)35)17(13-36-3)24(32)21-16-8-6-5-7-15(16)11-12-28-21;3-2(4,5)1(6)7/h5-8,14,17-18,20-23,28,30H,4,9-13,27H2,1-3H3,(H,29,31)(H,34,35);(H,6,7)/t14-,17-,18-,20-,21?,22-,23?;/m0./s1. The number of carbonyl (C=O) groups excluding carboxylic acids is 3. The normalized spacial score (nSPS) is 21.6. The third-order valence-electron chi connectivity index (χ3n) is 7.71. The van der Waals surface area contributed by atoms with Crippen LogP contribution in [0.3, 0.4) is 0 Å². The van der Waals surface area contributed by atoms with Crippen molar-refractivity contribution in [3.05, 3.63) is 35.4 Å². The van der Waals surface area contributed by atoms with E-state index in [4.69, 9.17) is 15.6 Å². The van der Waals surface area contributed by atoms with Crippen LogP contribution in [0, 0.1) is 11.8 Å². The van der Waals surface area contributed by atoms with E-state index in [0.717, 1.165) is 17.5 Å². The van der Waals surface area contributed by atoms with Gasteiger partial charge >= 0.3 is 18.1 Å². The molecule has 7 N–H and O–H groups in total. The molecule has 2 heterocycles. The van der Waals surface area contributed by atoms with Gasteiger partial charge in [0.05, 0.1) is 24.0 Å². The van der Waals surface area contributed by atoms with Crippen molar-refractivity contribution in [3.8, 4) is 0 Å². The summed E-state index contributed by atoms with van der Waals surface area (Å²) in [6, 6.07) is 3.33. The lowest BCUT2D eigenvalue weighted by atomic mass is 9.83. The highest BCUT2D eigenvalue weighted by atomic mass is 32.2. The lowest BCUT2D eigenvalue weighted by Gasteiger charge is -2.35. The molecule has 2 aliphatic rings. The van der Waals surface area contributed by atoms with Crippen molar-refractivity contribution in [1.29, 1.82) is 0 Å². The van der Waals surface area contributed by atoms with E-state index in [0.29, 0.717) is 19.4 Å². The van der Waals surface area contributed by atoms with Crippen LogP contribution in [0.1, 0.15) is 50.3 Å². The summed E-state index contributed by atoms with van der Waals surface area (Å²) < 4.78 is 31.7. The molecule has 0 radical (unpaired) electrons. The number of rotatable bonds is 13. The summed E-state index contributed by atoms with van der Waals surface area (Å²) in [6.07, 6.45) is -1.19. The quantitative estimate of drug-likeness (QED) is 0.186. The van der Waals surface area contributed by atoms with E-state index >= 15 is 0 Å². The number of carbonyl (C=O) groups is 5. The van der Waals surface area contributed by atoms with Gasteiger partial charge in [-0.25, -0.2) is 4.79 Å². The summed E-state index contributed by atoms with van der Waals surface area (Å²) in [4.78, 5) is 60.6. The monoisotopic (exact) mass is 632 g/mol. The number of carboxylic acid groups (broad SMARTS) is 2. The number of nitrogens with two attached hydrogens (primary N) is 1. The molecule has 0 aromatic heterocycles. The number of halogens is 3. The van der Waals surface area contributed by atoms with Crippen LogP contribution in [0.15, 0.2) is 24.3 Å². The SMILES string of the molecule is CC[C@H](C)[C@H](N)C(N[C@H](C(=O)O)[C@H](CSC)C(=O)C1NCCc2ccccc21)C(=O)[C@@H]1CCC(=O)N1.O=C(O)C(F)(F)F. The molecular weight excluding hydrogens is 593 g/mol. The first-order valence-electron chi connectivity index (χ1n) is 13.8. The second-order valence-corrected chi connectivity index (χ2v) is 11.5. The Labute approximate surface area is 251 Å². The molecule has 1 aromatic carbocycles. The van der Waals surface area contributed by atoms with Crippen LogP contribution in [-0.4, -0.2) is 88.5 Å². The summed E-state index contributed by atoms with van der Waals surface area (Å²) in [5.74, 6) is -5.47. The van der Waals surface area contributed by atoms with Crippen LogP contribution in [-0.2, 0) is 30.4 Å². The Hall–Kier alpha value is -3.01. The minimum atomic E-state index is -5.08. The predicted octanol–water partition coefficient (Wildman–Crippen LogP) is 1.69. The average molecular weight is 633 g/mol. The third kappa shape index (κ3) is 9.74. The Kier molecular flexibility index (Phi) is 13.6. The Morgan fingerprint density at radius 2 is 1.74 bits per heavy atom. The van der Waals surface area contributed by atoms with Gasteiger partial charge in [0, 0.05) is 24.8 Å². The van der Waals surface area contributed by atoms with E-state index in [2.05, 4.69) is 16.0 Å². The number of carboxylic acids is 2. The first-order valence-corrected chi connectivity index (χ1v) is 15.2. The molecule has 0 saturated carbocycles. The molecule has 240 valence electrons. The summed E-state index contributed by atoms with van der Waals surface area (Å²) in [7, 11) is 0. The Bertz CT molecular complexity index is 1170. The first kappa shape index (κ1) is 36.2. The van der Waals surface area contributed by atoms with Crippen molar-refractivity contribution in [2.75, 3.05) is 18.6 Å². The molecule has 0 aliphatic carbocycles. The fourth-order valence-corrected chi connectivity index (χ4v) is 5.79. The molecule has 3 rings (SSSR count). The lowest BCUT2D eigenvalue weighted by molar-refractivity contribution is -0.192. The van der Waals surface area contributed by atoms with Crippen LogP contribution < -0.4 is 21.7 Å². The minimum absolute atomic E-state index is 0.0837. The number of hydrogen-bond donors (Lipinski definition) is 6. The minimum Gasteiger partial charge on any atom is -0.480 e. The highest BCUT2D eigenvalue weighted by molar-refractivity contribution is 7.98. The lowest BCUT2D eigenvalue weighted by Crippen LogP contribution is -2.63. The molecule has 1 amide bonds. The van der Waals surface area contributed by atoms with Gasteiger partial charge in [-0.05, 0) is 36.1 Å². The van der Waals surface area contributed by atoms with E-state index in [1.807, 2.05) is 44.4 Å². The molecule has 2 aliphatic heterocycles. The van der Waals surface area contributed by atoms with Gasteiger partial charge in [-0.15, -0.1) is 0 Å². The third-order valence-corrected chi connectivity index (χ3v) is 8.40. The van der Waals surface area contributed by atoms with Crippen LogP contribution in [0.5, 0.6) is 0 Å². The molecule has 0 bridgehead atoms. The topological polar surface area (TPSA) is 188 Å². The van der Waals surface area contributed by atoms with Gasteiger partial charge in [0.1, 0.15) is 6.04 Å². The van der Waals surface area contributed by atoms with E-state index in [1.165, 1.54) is 11.8 Å². The predicted molar refractivity (Wildman–Crippen MR) is 153 cm³/mol. The van der Waals surface area contributed by atoms with Gasteiger partial charge in [0.25, 0.3) is 0 Å². The van der Waals surface area contributed by atoms with E-state index in [9.17, 15) is 37.5 Å². The van der Waals surface area contributed by atoms with E-state index < -0.39 is 54.2 Å². The molecule has 11 nitrogen and oxygen atoms in total. The zero-order valence-electron chi connectivity index (χ0n) is 24.1. The highest BCUT2D eigenvalue weighted by Crippen LogP contribution is 2.29. The van der Waals surface area contributed by atoms with E-state index in [1.54, 1.807) is 0 Å². The zero-order chi connectivity index (χ0) is 32.5. The number of hydrogen-bond acceptors (Lipinski definition) is 9. The maximum Gasteiger partial charge on any atom is 0.490 e. The number of benzene rings is 1. The molecule has 43 heavy (non-hydrogen) atoms. The Morgan fingerprint density at radius 1 is 1.12 bits per heavy atom. The van der Waals surface area contributed by atoms with Gasteiger partial charge in [0.2, 0.25) is 5.91 Å². The fraction of sp³-hybridized carbons (Fsp3) is 0.607. The number of Topliss-reactive ketones (excluding diaryl/α,β-unsaturated/α-hetero) is 2. The second-order valence-electron chi connectivity index (χ2n) is 10.6. The van der Waals surface area contributed by atoms with Crippen LogP contribution in [0.4, 0.5) is 13.2 Å². The van der Waals surface area contributed by atoms with Crippen molar-refractivity contribution >= 4 is 41.2 Å². The van der Waals surface area contributed by atoms with Crippen molar-refractivity contribution in [1.82, 2.24) is 16.0 Å². The maximum atomic E-state index is 13.9. The van der Waals surface area contributed by atoms with Crippen LogP contribution in [0.25, 0.3) is 0 Å². The van der Waals surface area contributed by atoms with Crippen LogP contribution >= 0.6 is 11.8 Å². The number of fused-ring (bicyclic) bond motifs is 1. The van der Waals surface area contributed by atoms with Gasteiger partial charge < -0.3 is 26.6 Å². The molecular formula is C28H39F3N4O7S. The first-order chi connectivity index (χ1) is 20.1.